The molecule has 2 saturated carbocycles. The van der Waals surface area contributed by atoms with Crippen LogP contribution in [0.1, 0.15) is 53.4 Å². The Hall–Kier alpha value is -0.120. The lowest BCUT2D eigenvalue weighted by Crippen LogP contribution is -2.59. The van der Waals surface area contributed by atoms with Gasteiger partial charge >= 0.3 is 0 Å². The summed E-state index contributed by atoms with van der Waals surface area (Å²) < 4.78 is 6.31. The second kappa shape index (κ2) is 3.50. The zero-order valence-corrected chi connectivity index (χ0v) is 11.9. The van der Waals surface area contributed by atoms with E-state index in [-0.39, 0.29) is 17.6 Å². The first kappa shape index (κ1) is 12.9. The normalized spacial score (nSPS) is 58.3. The monoisotopic (exact) mass is 254 g/mol. The SMILES string of the molecule is CC1CC(O)C2C1CC1(O)CCC2(C)OC1(C)C. The Labute approximate surface area is 110 Å². The van der Waals surface area contributed by atoms with E-state index in [1.54, 1.807) is 0 Å². The molecule has 0 aromatic heterocycles. The highest BCUT2D eigenvalue weighted by molar-refractivity contribution is 5.14. The quantitative estimate of drug-likeness (QED) is 0.696. The topological polar surface area (TPSA) is 49.7 Å². The van der Waals surface area contributed by atoms with E-state index in [1.807, 2.05) is 13.8 Å². The van der Waals surface area contributed by atoms with Gasteiger partial charge < -0.3 is 14.9 Å². The third kappa shape index (κ3) is 1.47. The summed E-state index contributed by atoms with van der Waals surface area (Å²) in [5, 5.41) is 21.4. The minimum Gasteiger partial charge on any atom is -0.393 e. The molecule has 0 amide bonds. The van der Waals surface area contributed by atoms with Crippen molar-refractivity contribution in [2.24, 2.45) is 17.8 Å². The fourth-order valence-electron chi connectivity index (χ4n) is 4.99. The van der Waals surface area contributed by atoms with Gasteiger partial charge in [0.05, 0.1) is 22.9 Å². The van der Waals surface area contributed by atoms with Gasteiger partial charge in [0.15, 0.2) is 0 Å². The van der Waals surface area contributed by atoms with Crippen molar-refractivity contribution in [1.82, 2.24) is 0 Å². The van der Waals surface area contributed by atoms with Gasteiger partial charge in [0.2, 0.25) is 0 Å². The van der Waals surface area contributed by atoms with Crippen LogP contribution in [0.15, 0.2) is 0 Å². The third-order valence-electron chi connectivity index (χ3n) is 6.14. The number of aliphatic hydroxyl groups is 2. The van der Waals surface area contributed by atoms with Crippen molar-refractivity contribution in [2.45, 2.75) is 76.3 Å². The van der Waals surface area contributed by atoms with Crippen LogP contribution in [0.2, 0.25) is 0 Å². The van der Waals surface area contributed by atoms with Gasteiger partial charge in [-0.15, -0.1) is 0 Å². The molecule has 18 heavy (non-hydrogen) atoms. The molecule has 0 aromatic rings. The predicted molar refractivity (Wildman–Crippen MR) is 69.1 cm³/mol. The lowest BCUT2D eigenvalue weighted by molar-refractivity contribution is -0.261. The molecule has 104 valence electrons. The highest BCUT2D eigenvalue weighted by Gasteiger charge is 2.64. The first-order chi connectivity index (χ1) is 8.19. The van der Waals surface area contributed by atoms with Crippen molar-refractivity contribution in [1.29, 1.82) is 0 Å². The maximum atomic E-state index is 11.0. The minimum absolute atomic E-state index is 0.184. The molecule has 2 heterocycles. The van der Waals surface area contributed by atoms with Crippen LogP contribution in [0.5, 0.6) is 0 Å². The smallest absolute Gasteiger partial charge is 0.0934 e. The van der Waals surface area contributed by atoms with E-state index in [0.29, 0.717) is 11.8 Å². The summed E-state index contributed by atoms with van der Waals surface area (Å²) in [6.45, 7) is 8.35. The molecule has 0 aromatic carbocycles. The van der Waals surface area contributed by atoms with Crippen molar-refractivity contribution in [3.8, 4) is 0 Å². The van der Waals surface area contributed by atoms with Crippen LogP contribution in [0.4, 0.5) is 0 Å². The molecule has 3 nitrogen and oxygen atoms in total. The van der Waals surface area contributed by atoms with Gasteiger partial charge in [-0.2, -0.15) is 0 Å². The molecule has 6 unspecified atom stereocenters. The highest BCUT2D eigenvalue weighted by Crippen LogP contribution is 2.59. The number of hydrogen-bond donors (Lipinski definition) is 2. The molecule has 2 N–H and O–H groups in total. The largest absolute Gasteiger partial charge is 0.393 e. The Kier molecular flexibility index (Phi) is 2.51. The molecule has 0 radical (unpaired) electrons. The Morgan fingerprint density at radius 3 is 2.44 bits per heavy atom. The van der Waals surface area contributed by atoms with Crippen molar-refractivity contribution in [2.75, 3.05) is 0 Å². The Morgan fingerprint density at radius 1 is 1.17 bits per heavy atom. The number of ether oxygens (including phenoxy) is 1. The Morgan fingerprint density at radius 2 is 1.83 bits per heavy atom. The number of rotatable bonds is 0. The first-order valence-corrected chi connectivity index (χ1v) is 7.29. The van der Waals surface area contributed by atoms with Crippen LogP contribution in [-0.2, 0) is 4.74 Å². The molecular formula is C15H26O3. The van der Waals surface area contributed by atoms with E-state index in [9.17, 15) is 10.2 Å². The van der Waals surface area contributed by atoms with Crippen LogP contribution in [0, 0.1) is 17.8 Å². The number of fused-ring (bicyclic) bond motifs is 2. The number of aliphatic hydroxyl groups excluding tert-OH is 1. The van der Waals surface area contributed by atoms with Crippen LogP contribution in [-0.4, -0.2) is 33.1 Å². The predicted octanol–water partition coefficient (Wildman–Crippen LogP) is 2.10. The lowest BCUT2D eigenvalue weighted by Gasteiger charge is -2.52. The summed E-state index contributed by atoms with van der Waals surface area (Å²) in [6.07, 6.45) is 3.01. The molecular weight excluding hydrogens is 228 g/mol. The van der Waals surface area contributed by atoms with Crippen molar-refractivity contribution in [3.05, 3.63) is 0 Å². The van der Waals surface area contributed by atoms with E-state index >= 15 is 0 Å². The van der Waals surface area contributed by atoms with Gasteiger partial charge in [0.25, 0.3) is 0 Å². The zero-order valence-electron chi connectivity index (χ0n) is 11.9. The van der Waals surface area contributed by atoms with Crippen LogP contribution < -0.4 is 0 Å². The summed E-state index contributed by atoms with van der Waals surface area (Å²) in [6, 6.07) is 0. The molecule has 0 spiro atoms. The molecule has 2 bridgehead atoms. The standard InChI is InChI=1S/C15H26O3/c1-9-7-11(16)12-10(9)8-15(17)6-5-14(12,4)18-13(15,2)3/h9-12,16-17H,5-8H2,1-4H3. The Balaban J connectivity index is 2.07. The van der Waals surface area contributed by atoms with Crippen molar-refractivity contribution in [3.63, 3.8) is 0 Å². The number of hydrogen-bond acceptors (Lipinski definition) is 3. The summed E-state index contributed by atoms with van der Waals surface area (Å²) >= 11 is 0. The second-order valence-corrected chi connectivity index (χ2v) is 7.63. The first-order valence-electron chi connectivity index (χ1n) is 7.29. The molecule has 2 saturated heterocycles. The lowest BCUT2D eigenvalue weighted by atomic mass is 9.74. The summed E-state index contributed by atoms with van der Waals surface area (Å²) in [7, 11) is 0. The third-order valence-corrected chi connectivity index (χ3v) is 6.14. The van der Waals surface area contributed by atoms with Gasteiger partial charge in [-0.05, 0) is 58.3 Å². The summed E-state index contributed by atoms with van der Waals surface area (Å²) in [4.78, 5) is 0. The van der Waals surface area contributed by atoms with Gasteiger partial charge in [-0.1, -0.05) is 6.92 Å². The van der Waals surface area contributed by atoms with Crippen LogP contribution in [0.25, 0.3) is 0 Å². The maximum Gasteiger partial charge on any atom is 0.0934 e. The molecule has 2 aliphatic carbocycles. The molecule has 4 aliphatic rings. The van der Waals surface area contributed by atoms with Crippen LogP contribution >= 0.6 is 0 Å². The van der Waals surface area contributed by atoms with E-state index < -0.39 is 11.2 Å². The molecule has 3 heteroatoms. The van der Waals surface area contributed by atoms with E-state index in [4.69, 9.17) is 4.74 Å². The van der Waals surface area contributed by atoms with E-state index in [1.165, 1.54) is 0 Å². The van der Waals surface area contributed by atoms with Gasteiger partial charge in [0, 0.05) is 5.92 Å². The fourth-order valence-corrected chi connectivity index (χ4v) is 4.99. The minimum atomic E-state index is -0.732. The van der Waals surface area contributed by atoms with Crippen LogP contribution in [0.3, 0.4) is 0 Å². The van der Waals surface area contributed by atoms with Gasteiger partial charge in [-0.3, -0.25) is 0 Å². The second-order valence-electron chi connectivity index (χ2n) is 7.63. The maximum absolute atomic E-state index is 11.0. The van der Waals surface area contributed by atoms with Gasteiger partial charge in [0.1, 0.15) is 0 Å². The summed E-state index contributed by atoms with van der Waals surface area (Å²) in [5.74, 6) is 1.05. The molecule has 6 atom stereocenters. The average molecular weight is 254 g/mol. The average Bonchev–Trinajstić information content (AvgIpc) is 2.39. The Bertz CT molecular complexity index is 367. The van der Waals surface area contributed by atoms with Crippen molar-refractivity contribution >= 4 is 0 Å². The molecule has 4 rings (SSSR count). The molecule has 2 aliphatic heterocycles. The fraction of sp³-hybridized carbons (Fsp3) is 1.00. The van der Waals surface area contributed by atoms with Crippen molar-refractivity contribution < 1.29 is 14.9 Å². The highest BCUT2D eigenvalue weighted by atomic mass is 16.5. The zero-order chi connectivity index (χ0) is 13.3. The van der Waals surface area contributed by atoms with E-state index in [0.717, 1.165) is 25.7 Å². The summed E-state index contributed by atoms with van der Waals surface area (Å²) in [5.41, 5.74) is -1.52. The van der Waals surface area contributed by atoms with Gasteiger partial charge in [-0.25, -0.2) is 0 Å². The van der Waals surface area contributed by atoms with E-state index in [2.05, 4.69) is 13.8 Å². The molecule has 4 fully saturated rings.